The Morgan fingerprint density at radius 3 is 2.41 bits per heavy atom. The van der Waals surface area contributed by atoms with Crippen molar-refractivity contribution in [2.24, 2.45) is 52.3 Å². The van der Waals surface area contributed by atoms with Gasteiger partial charge in [0.15, 0.2) is 0 Å². The summed E-state index contributed by atoms with van der Waals surface area (Å²) in [7, 11) is 2.13. The van der Waals surface area contributed by atoms with Crippen LogP contribution in [-0.2, 0) is 14.3 Å². The number of hydrogen-bond donors (Lipinski definition) is 3. The summed E-state index contributed by atoms with van der Waals surface area (Å²) >= 11 is 0. The van der Waals surface area contributed by atoms with Gasteiger partial charge in [0.05, 0.1) is 12.8 Å². The highest BCUT2D eigenvalue weighted by molar-refractivity contribution is 5.96. The normalized spacial score (nSPS) is 49.1. The van der Waals surface area contributed by atoms with E-state index in [9.17, 15) is 9.59 Å². The number of likely N-dealkylation sites (N-methyl/N-ethyl adjacent to an activating group) is 1. The summed E-state index contributed by atoms with van der Waals surface area (Å²) in [4.78, 5) is 30.0. The minimum atomic E-state index is -0.160. The summed E-state index contributed by atoms with van der Waals surface area (Å²) in [5, 5.41) is 10.2. The third kappa shape index (κ3) is 5.35. The molecule has 2 amide bonds. The number of piperidine rings is 1. The molecule has 3 N–H and O–H groups in total. The van der Waals surface area contributed by atoms with Crippen molar-refractivity contribution in [3.63, 3.8) is 0 Å². The Morgan fingerprint density at radius 2 is 1.66 bits per heavy atom. The zero-order valence-corrected chi connectivity index (χ0v) is 28.3. The van der Waals surface area contributed by atoms with E-state index < -0.39 is 0 Å². The second kappa shape index (κ2) is 11.8. The Hall–Kier alpha value is -1.22. The smallest absolute Gasteiger partial charge is 0.230 e. The maximum atomic E-state index is 12.9. The van der Waals surface area contributed by atoms with Gasteiger partial charge in [-0.3, -0.25) is 19.8 Å². The minimum absolute atomic E-state index is 0.0597. The van der Waals surface area contributed by atoms with Crippen LogP contribution in [0.25, 0.3) is 0 Å². The molecule has 3 heterocycles. The summed E-state index contributed by atoms with van der Waals surface area (Å²) in [5.41, 5.74) is 0.695. The van der Waals surface area contributed by atoms with E-state index in [0.717, 1.165) is 69.2 Å². The third-order valence-electron chi connectivity index (χ3n) is 14.9. The molecular weight excluding hydrogens is 550 g/mol. The van der Waals surface area contributed by atoms with E-state index in [4.69, 9.17) is 4.74 Å². The molecule has 0 unspecified atom stereocenters. The zero-order chi connectivity index (χ0) is 30.9. The first kappa shape index (κ1) is 31.4. The highest BCUT2D eigenvalue weighted by Gasteiger charge is 2.68. The Morgan fingerprint density at radius 1 is 0.886 bits per heavy atom. The van der Waals surface area contributed by atoms with Gasteiger partial charge in [0.25, 0.3) is 0 Å². The number of nitrogens with zero attached hydrogens (tertiary/aromatic N) is 2. The first-order chi connectivity index (χ1) is 21.0. The predicted molar refractivity (Wildman–Crippen MR) is 172 cm³/mol. The van der Waals surface area contributed by atoms with Crippen molar-refractivity contribution in [2.75, 3.05) is 46.4 Å². The van der Waals surface area contributed by atoms with E-state index in [-0.39, 0.29) is 30.0 Å². The average molecular weight is 612 g/mol. The molecule has 248 valence electrons. The Balaban J connectivity index is 0.927. The summed E-state index contributed by atoms with van der Waals surface area (Å²) in [6, 6.07) is 0.207. The van der Waals surface area contributed by atoms with E-state index in [1.807, 2.05) is 0 Å². The first-order valence-electron chi connectivity index (χ1n) is 18.4. The molecule has 4 aliphatic carbocycles. The van der Waals surface area contributed by atoms with E-state index in [2.05, 4.69) is 60.5 Å². The number of fused-ring (bicyclic) bond motifs is 7. The summed E-state index contributed by atoms with van der Waals surface area (Å²) in [6.45, 7) is 15.7. The third-order valence-corrected chi connectivity index (χ3v) is 14.9. The molecule has 4 saturated carbocycles. The molecule has 12 atom stereocenters. The number of hydrogen-bond acceptors (Lipinski definition) is 6. The fraction of sp³-hybridized carbons (Fsp3) is 0.944. The van der Waals surface area contributed by atoms with E-state index in [0.29, 0.717) is 41.4 Å². The van der Waals surface area contributed by atoms with Crippen molar-refractivity contribution in [2.45, 2.75) is 116 Å². The number of nitrogens with one attached hydrogen (secondary N) is 3. The van der Waals surface area contributed by atoms with Crippen LogP contribution < -0.4 is 16.0 Å². The van der Waals surface area contributed by atoms with Crippen LogP contribution in [0.1, 0.15) is 98.3 Å². The zero-order valence-electron chi connectivity index (χ0n) is 28.3. The Kier molecular flexibility index (Phi) is 8.41. The van der Waals surface area contributed by atoms with Crippen LogP contribution in [0.3, 0.4) is 0 Å². The van der Waals surface area contributed by atoms with Crippen LogP contribution in [0.5, 0.6) is 0 Å². The van der Waals surface area contributed by atoms with Gasteiger partial charge in [-0.05, 0) is 118 Å². The molecule has 0 bridgehead atoms. The van der Waals surface area contributed by atoms with E-state index >= 15 is 0 Å². The second-order valence-corrected chi connectivity index (χ2v) is 17.2. The van der Waals surface area contributed by atoms with Crippen molar-refractivity contribution < 1.29 is 14.3 Å². The lowest BCUT2D eigenvalue weighted by Gasteiger charge is -2.61. The van der Waals surface area contributed by atoms with Gasteiger partial charge in [0.2, 0.25) is 11.8 Å². The van der Waals surface area contributed by atoms with Gasteiger partial charge >= 0.3 is 0 Å². The molecule has 8 nitrogen and oxygen atoms in total. The molecule has 0 aromatic heterocycles. The van der Waals surface area contributed by atoms with Crippen molar-refractivity contribution in [1.29, 1.82) is 0 Å². The SMILES string of the molecule is C[C@@H]1CC[C@@]2(NC1)O[C@H]1C[C@H]3[C@@H]4CC[C@@H]5C[C@@H](NC(=O)CC(=O)NCN6CCN(C)CC6)CC[C@]5(C)[C@H]4CC[C@]3(C)[C@H]1[C@@H]2C. The molecule has 3 saturated heterocycles. The fourth-order valence-electron chi connectivity index (χ4n) is 12.3. The summed E-state index contributed by atoms with van der Waals surface area (Å²) in [5.74, 6) is 4.84. The monoisotopic (exact) mass is 611 g/mol. The lowest BCUT2D eigenvalue weighted by Crippen LogP contribution is -2.58. The van der Waals surface area contributed by atoms with Gasteiger partial charge in [0.1, 0.15) is 12.1 Å². The van der Waals surface area contributed by atoms with Crippen molar-refractivity contribution in [3.05, 3.63) is 0 Å². The summed E-state index contributed by atoms with van der Waals surface area (Å²) in [6.07, 6.45) is 12.8. The average Bonchev–Trinajstić information content (AvgIpc) is 3.44. The maximum absolute atomic E-state index is 12.9. The largest absolute Gasteiger partial charge is 0.357 e. The number of amides is 2. The lowest BCUT2D eigenvalue weighted by atomic mass is 9.44. The molecule has 0 aromatic carbocycles. The molecule has 44 heavy (non-hydrogen) atoms. The Labute approximate surface area is 266 Å². The molecular formula is C36H61N5O3. The number of ether oxygens (including phenoxy) is 1. The molecule has 0 radical (unpaired) electrons. The number of piperazine rings is 1. The molecule has 3 aliphatic heterocycles. The van der Waals surface area contributed by atoms with Crippen LogP contribution >= 0.6 is 0 Å². The topological polar surface area (TPSA) is 85.9 Å². The van der Waals surface area contributed by atoms with Gasteiger partial charge in [-0.15, -0.1) is 0 Å². The molecule has 1 spiro atoms. The van der Waals surface area contributed by atoms with Crippen molar-refractivity contribution >= 4 is 11.8 Å². The number of carbonyl (C=O) groups excluding carboxylic acids is 2. The maximum Gasteiger partial charge on any atom is 0.230 e. The van der Waals surface area contributed by atoms with Gasteiger partial charge in [0, 0.05) is 44.7 Å². The van der Waals surface area contributed by atoms with Gasteiger partial charge < -0.3 is 20.3 Å². The van der Waals surface area contributed by atoms with Crippen molar-refractivity contribution in [3.8, 4) is 0 Å². The fourth-order valence-corrected chi connectivity index (χ4v) is 12.3. The van der Waals surface area contributed by atoms with Crippen LogP contribution in [0.15, 0.2) is 0 Å². The van der Waals surface area contributed by atoms with E-state index in [1.165, 1.54) is 51.4 Å². The highest BCUT2D eigenvalue weighted by atomic mass is 16.5. The van der Waals surface area contributed by atoms with Crippen LogP contribution in [0, 0.1) is 52.3 Å². The number of carbonyl (C=O) groups is 2. The second-order valence-electron chi connectivity index (χ2n) is 17.2. The predicted octanol–water partition coefficient (Wildman–Crippen LogP) is 4.20. The van der Waals surface area contributed by atoms with Gasteiger partial charge in [-0.2, -0.15) is 0 Å². The summed E-state index contributed by atoms with van der Waals surface area (Å²) < 4.78 is 7.09. The molecule has 7 rings (SSSR count). The molecule has 7 aliphatic rings. The Bertz CT molecular complexity index is 1090. The molecule has 0 aromatic rings. The standard InChI is InChI=1S/C36H61N5O3/c1-23-8-13-36(38-21-23)24(2)33-30(44-36)19-29-27-7-6-25-18-26(9-11-34(25,3)28(27)10-12-35(29,33)4)39-32(43)20-31(42)37-22-41-16-14-40(5)15-17-41/h23-30,33,38H,6-22H2,1-5H3,(H,37,42)(H,39,43)/t23-,24+,25-,26+,27-,28+,29+,30+,33+,34+,35+,36-/m1/s1. The highest BCUT2D eigenvalue weighted by Crippen LogP contribution is 2.71. The molecule has 8 heteroatoms. The van der Waals surface area contributed by atoms with Crippen molar-refractivity contribution in [1.82, 2.24) is 25.8 Å². The van der Waals surface area contributed by atoms with Gasteiger partial charge in [-0.1, -0.05) is 27.7 Å². The van der Waals surface area contributed by atoms with Crippen LogP contribution in [0.4, 0.5) is 0 Å². The van der Waals surface area contributed by atoms with Crippen LogP contribution in [-0.4, -0.2) is 85.9 Å². The quantitative estimate of drug-likeness (QED) is 0.404. The van der Waals surface area contributed by atoms with Crippen LogP contribution in [0.2, 0.25) is 0 Å². The lowest BCUT2D eigenvalue weighted by molar-refractivity contribution is -0.137. The number of rotatable bonds is 5. The van der Waals surface area contributed by atoms with E-state index in [1.54, 1.807) is 0 Å². The van der Waals surface area contributed by atoms with Gasteiger partial charge in [-0.25, -0.2) is 0 Å². The minimum Gasteiger partial charge on any atom is -0.357 e. The first-order valence-corrected chi connectivity index (χ1v) is 18.4. The molecule has 7 fully saturated rings.